The quantitative estimate of drug-likeness (QED) is 0.577. The lowest BCUT2D eigenvalue weighted by Gasteiger charge is -2.24. The molecule has 0 aromatic rings. The molecule has 0 bridgehead atoms. The number of carbonyl (C=O) groups excluding carboxylic acids is 1. The summed E-state index contributed by atoms with van der Waals surface area (Å²) in [5, 5.41) is 9.10. The van der Waals surface area contributed by atoms with Gasteiger partial charge in [-0.15, -0.1) is 0 Å². The molecule has 88 valence electrons. The first-order valence-electron chi connectivity index (χ1n) is 5.25. The number of aliphatic hydroxyl groups excluding tert-OH is 1. The van der Waals surface area contributed by atoms with Crippen molar-refractivity contribution < 1.29 is 14.6 Å². The van der Waals surface area contributed by atoms with E-state index >= 15 is 0 Å². The van der Waals surface area contributed by atoms with Crippen LogP contribution in [0.5, 0.6) is 0 Å². The Morgan fingerprint density at radius 3 is 2.33 bits per heavy atom. The van der Waals surface area contributed by atoms with E-state index in [0.717, 1.165) is 0 Å². The molecule has 0 radical (unpaired) electrons. The summed E-state index contributed by atoms with van der Waals surface area (Å²) >= 11 is 0. The van der Waals surface area contributed by atoms with Gasteiger partial charge in [0.15, 0.2) is 0 Å². The van der Waals surface area contributed by atoms with Crippen molar-refractivity contribution in [2.75, 3.05) is 6.61 Å². The zero-order chi connectivity index (χ0) is 12.1. The van der Waals surface area contributed by atoms with Gasteiger partial charge in [-0.25, -0.2) is 4.79 Å². The number of hydrogen-bond donors (Lipinski definition) is 1. The van der Waals surface area contributed by atoms with E-state index in [1.807, 2.05) is 20.8 Å². The second kappa shape index (κ2) is 5.91. The first-order chi connectivity index (χ1) is 6.80. The van der Waals surface area contributed by atoms with Gasteiger partial charge in [-0.05, 0) is 25.7 Å². The zero-order valence-electron chi connectivity index (χ0n) is 10.3. The number of ether oxygens (including phenoxy) is 1. The molecular weight excluding hydrogens is 192 g/mol. The molecule has 0 saturated carbocycles. The normalized spacial score (nSPS) is 14.9. The van der Waals surface area contributed by atoms with Gasteiger partial charge in [0, 0.05) is 5.57 Å². The largest absolute Gasteiger partial charge is 0.457 e. The summed E-state index contributed by atoms with van der Waals surface area (Å²) in [6.45, 7) is 9.51. The van der Waals surface area contributed by atoms with Gasteiger partial charge >= 0.3 is 5.97 Å². The minimum absolute atomic E-state index is 0.0392. The fraction of sp³-hybridized carbons (Fsp3) is 0.750. The molecule has 0 aliphatic rings. The van der Waals surface area contributed by atoms with Crippen LogP contribution in [0.4, 0.5) is 0 Å². The van der Waals surface area contributed by atoms with Crippen molar-refractivity contribution in [3.63, 3.8) is 0 Å². The Labute approximate surface area is 92.1 Å². The lowest BCUT2D eigenvalue weighted by molar-refractivity contribution is -0.147. The van der Waals surface area contributed by atoms with E-state index in [2.05, 4.69) is 0 Å². The van der Waals surface area contributed by atoms with Gasteiger partial charge in [0.05, 0.1) is 6.61 Å². The number of aliphatic hydroxyl groups is 1. The van der Waals surface area contributed by atoms with Crippen LogP contribution in [-0.2, 0) is 9.53 Å². The van der Waals surface area contributed by atoms with E-state index in [1.54, 1.807) is 19.9 Å². The van der Waals surface area contributed by atoms with Crippen molar-refractivity contribution in [1.29, 1.82) is 0 Å². The van der Waals surface area contributed by atoms with Gasteiger partial charge in [-0.1, -0.05) is 26.8 Å². The number of esters is 1. The predicted molar refractivity (Wildman–Crippen MR) is 60.5 cm³/mol. The Balaban J connectivity index is 4.29. The Bertz CT molecular complexity index is 236. The molecule has 0 aliphatic heterocycles. The highest BCUT2D eigenvalue weighted by atomic mass is 16.6. The van der Waals surface area contributed by atoms with E-state index < -0.39 is 6.10 Å². The van der Waals surface area contributed by atoms with E-state index in [-0.39, 0.29) is 18.0 Å². The van der Waals surface area contributed by atoms with Crippen molar-refractivity contribution in [1.82, 2.24) is 0 Å². The van der Waals surface area contributed by atoms with Gasteiger partial charge < -0.3 is 9.84 Å². The molecule has 1 atom stereocenters. The molecule has 0 aromatic heterocycles. The monoisotopic (exact) mass is 214 g/mol. The van der Waals surface area contributed by atoms with Crippen LogP contribution >= 0.6 is 0 Å². The molecule has 0 fully saturated rings. The third-order valence-electron chi connectivity index (χ3n) is 2.07. The first kappa shape index (κ1) is 14.2. The zero-order valence-corrected chi connectivity index (χ0v) is 10.3. The molecule has 0 heterocycles. The van der Waals surface area contributed by atoms with Gasteiger partial charge in [0.2, 0.25) is 0 Å². The lowest BCUT2D eigenvalue weighted by atomic mass is 9.89. The predicted octanol–water partition coefficient (Wildman–Crippen LogP) is 2.29. The molecule has 0 rings (SSSR count). The minimum Gasteiger partial charge on any atom is -0.457 e. The summed E-state index contributed by atoms with van der Waals surface area (Å²) in [6, 6.07) is 0. The number of carbonyl (C=O) groups is 1. The Morgan fingerprint density at radius 2 is 2.00 bits per heavy atom. The maximum atomic E-state index is 11.4. The Kier molecular flexibility index (Phi) is 5.58. The van der Waals surface area contributed by atoms with E-state index in [1.165, 1.54) is 0 Å². The average molecular weight is 214 g/mol. The topological polar surface area (TPSA) is 46.5 Å². The molecule has 15 heavy (non-hydrogen) atoms. The first-order valence-corrected chi connectivity index (χ1v) is 5.25. The molecule has 1 unspecified atom stereocenters. The lowest BCUT2D eigenvalue weighted by Crippen LogP contribution is -2.27. The summed E-state index contributed by atoms with van der Waals surface area (Å²) in [6.07, 6.45) is 1.95. The summed E-state index contributed by atoms with van der Waals surface area (Å²) in [5.41, 5.74) is 0.611. The van der Waals surface area contributed by atoms with Crippen molar-refractivity contribution in [3.8, 4) is 0 Å². The third-order valence-corrected chi connectivity index (χ3v) is 2.07. The summed E-state index contributed by atoms with van der Waals surface area (Å²) < 4.78 is 5.17. The van der Waals surface area contributed by atoms with Crippen LogP contribution in [0.25, 0.3) is 0 Å². The minimum atomic E-state index is -0.410. The van der Waals surface area contributed by atoms with Crippen LogP contribution < -0.4 is 0 Å². The second-order valence-corrected chi connectivity index (χ2v) is 4.95. The van der Waals surface area contributed by atoms with Gasteiger partial charge in [0.25, 0.3) is 0 Å². The van der Waals surface area contributed by atoms with Gasteiger partial charge in [-0.3, -0.25) is 0 Å². The van der Waals surface area contributed by atoms with Crippen LogP contribution in [0.2, 0.25) is 0 Å². The Hall–Kier alpha value is -0.830. The van der Waals surface area contributed by atoms with Gasteiger partial charge in [0.1, 0.15) is 6.10 Å². The van der Waals surface area contributed by atoms with E-state index in [0.29, 0.717) is 12.0 Å². The van der Waals surface area contributed by atoms with Crippen LogP contribution in [0.1, 0.15) is 41.0 Å². The highest BCUT2D eigenvalue weighted by molar-refractivity contribution is 5.87. The molecule has 0 saturated heterocycles. The molecule has 0 amide bonds. The van der Waals surface area contributed by atoms with Crippen LogP contribution in [-0.4, -0.2) is 23.8 Å². The molecule has 1 N–H and O–H groups in total. The third kappa shape index (κ3) is 6.28. The maximum Gasteiger partial charge on any atom is 0.333 e. The van der Waals surface area contributed by atoms with Crippen LogP contribution in [0, 0.1) is 5.41 Å². The fourth-order valence-electron chi connectivity index (χ4n) is 1.19. The van der Waals surface area contributed by atoms with E-state index in [9.17, 15) is 4.79 Å². The highest BCUT2D eigenvalue weighted by Gasteiger charge is 2.21. The number of hydrogen-bond acceptors (Lipinski definition) is 3. The fourth-order valence-corrected chi connectivity index (χ4v) is 1.19. The molecular formula is C12H22O3. The summed E-state index contributed by atoms with van der Waals surface area (Å²) in [7, 11) is 0. The van der Waals surface area contributed by atoms with Crippen molar-refractivity contribution in [2.45, 2.75) is 47.1 Å². The second-order valence-electron chi connectivity index (χ2n) is 4.95. The Morgan fingerprint density at radius 1 is 1.47 bits per heavy atom. The van der Waals surface area contributed by atoms with Crippen molar-refractivity contribution in [3.05, 3.63) is 11.6 Å². The van der Waals surface area contributed by atoms with E-state index in [4.69, 9.17) is 9.84 Å². The SMILES string of the molecule is CC=C(C)C(=O)OC(CO)CC(C)(C)C. The van der Waals surface area contributed by atoms with Crippen molar-refractivity contribution >= 4 is 5.97 Å². The highest BCUT2D eigenvalue weighted by Crippen LogP contribution is 2.22. The van der Waals surface area contributed by atoms with Gasteiger partial charge in [-0.2, -0.15) is 0 Å². The molecule has 0 aromatic carbocycles. The summed E-state index contributed by atoms with van der Waals surface area (Å²) in [4.78, 5) is 11.4. The number of allylic oxidation sites excluding steroid dienone is 1. The number of rotatable bonds is 4. The maximum absolute atomic E-state index is 11.4. The van der Waals surface area contributed by atoms with Crippen LogP contribution in [0.3, 0.4) is 0 Å². The summed E-state index contributed by atoms with van der Waals surface area (Å²) in [5.74, 6) is -0.346. The molecule has 0 aliphatic carbocycles. The molecule has 3 heteroatoms. The molecule has 3 nitrogen and oxygen atoms in total. The van der Waals surface area contributed by atoms with Crippen LogP contribution in [0.15, 0.2) is 11.6 Å². The average Bonchev–Trinajstić information content (AvgIpc) is 2.13. The molecule has 0 spiro atoms. The smallest absolute Gasteiger partial charge is 0.333 e. The van der Waals surface area contributed by atoms with Crippen molar-refractivity contribution in [2.24, 2.45) is 5.41 Å². The standard InChI is InChI=1S/C12H22O3/c1-6-9(2)11(14)15-10(8-13)7-12(3,4)5/h6,10,13H,7-8H2,1-5H3.